The highest BCUT2D eigenvalue weighted by atomic mass is 32.2. The van der Waals surface area contributed by atoms with Gasteiger partial charge in [-0.15, -0.1) is 0 Å². The molecule has 0 saturated carbocycles. The molecule has 0 radical (unpaired) electrons. The molecule has 0 aromatic heterocycles. The maximum atomic E-state index is 13.0. The van der Waals surface area contributed by atoms with Crippen molar-refractivity contribution in [1.82, 2.24) is 9.62 Å². The van der Waals surface area contributed by atoms with Gasteiger partial charge in [-0.3, -0.25) is 9.59 Å². The second-order valence-electron chi connectivity index (χ2n) is 7.42. The van der Waals surface area contributed by atoms with Crippen molar-refractivity contribution in [2.24, 2.45) is 0 Å². The smallest absolute Gasteiger partial charge is 0.262 e. The Hall–Kier alpha value is -2.39. The number of ether oxygens (including phenoxy) is 1. The van der Waals surface area contributed by atoms with Crippen LogP contribution in [0.3, 0.4) is 0 Å². The topological polar surface area (TPSA) is 105 Å². The predicted octanol–water partition coefficient (Wildman–Crippen LogP) is 1.95. The number of anilines is 1. The molecular formula is C20H27N3O5S. The minimum Gasteiger partial charge on any atom is -0.482 e. The molecule has 1 aliphatic carbocycles. The third-order valence-electron chi connectivity index (χ3n) is 5.12. The van der Waals surface area contributed by atoms with Gasteiger partial charge in [0.25, 0.3) is 5.91 Å². The molecule has 1 heterocycles. The summed E-state index contributed by atoms with van der Waals surface area (Å²) in [6, 6.07) is 2.95. The number of sulfonamides is 1. The Labute approximate surface area is 171 Å². The fourth-order valence-electron chi connectivity index (χ4n) is 3.50. The van der Waals surface area contributed by atoms with E-state index < -0.39 is 10.0 Å². The van der Waals surface area contributed by atoms with Gasteiger partial charge < -0.3 is 15.4 Å². The zero-order chi connectivity index (χ0) is 21.0. The standard InChI is InChI=1S/C20H27N3O5S/c1-14-10-16-17(28-13-20(25)22-16)11-18(14)29(26,27)23(2)12-19(24)21-9-8-15-6-4-3-5-7-15/h6,10-11H,3-5,7-9,12-13H2,1-2H3,(H,21,24)(H,22,25). The SMILES string of the molecule is Cc1cc2c(cc1S(=O)(=O)N(C)CC(=O)NCCC1=CCCCC1)OCC(=O)N2. The Bertz CT molecular complexity index is 940. The van der Waals surface area contributed by atoms with Crippen molar-refractivity contribution in [3.8, 4) is 5.75 Å². The molecule has 0 atom stereocenters. The van der Waals surface area contributed by atoms with Gasteiger partial charge in [-0.25, -0.2) is 8.42 Å². The van der Waals surface area contributed by atoms with Crippen LogP contribution in [0.1, 0.15) is 37.7 Å². The van der Waals surface area contributed by atoms with Crippen LogP contribution in [0.4, 0.5) is 5.69 Å². The summed E-state index contributed by atoms with van der Waals surface area (Å²) >= 11 is 0. The Balaban J connectivity index is 1.62. The number of rotatable bonds is 7. The van der Waals surface area contributed by atoms with Gasteiger partial charge >= 0.3 is 0 Å². The van der Waals surface area contributed by atoms with Crippen molar-refractivity contribution in [3.05, 3.63) is 29.3 Å². The molecule has 2 N–H and O–H groups in total. The van der Waals surface area contributed by atoms with Crippen LogP contribution < -0.4 is 15.4 Å². The summed E-state index contributed by atoms with van der Waals surface area (Å²) in [4.78, 5) is 23.7. The van der Waals surface area contributed by atoms with E-state index >= 15 is 0 Å². The normalized spacial score (nSPS) is 16.5. The lowest BCUT2D eigenvalue weighted by Crippen LogP contribution is -2.39. The molecule has 0 fully saturated rings. The van der Waals surface area contributed by atoms with Gasteiger partial charge in [-0.2, -0.15) is 4.31 Å². The predicted molar refractivity (Wildman–Crippen MR) is 109 cm³/mol. The van der Waals surface area contributed by atoms with Crippen LogP contribution in [0.2, 0.25) is 0 Å². The Morgan fingerprint density at radius 1 is 1.31 bits per heavy atom. The molecule has 8 nitrogen and oxygen atoms in total. The van der Waals surface area contributed by atoms with E-state index in [9.17, 15) is 18.0 Å². The molecule has 0 unspecified atom stereocenters. The molecule has 1 aliphatic heterocycles. The Kier molecular flexibility index (Phi) is 6.59. The summed E-state index contributed by atoms with van der Waals surface area (Å²) in [5.41, 5.74) is 2.26. The zero-order valence-corrected chi connectivity index (χ0v) is 17.6. The monoisotopic (exact) mass is 421 g/mol. The first-order valence-electron chi connectivity index (χ1n) is 9.75. The lowest BCUT2D eigenvalue weighted by Gasteiger charge is -2.22. The van der Waals surface area contributed by atoms with Crippen LogP contribution in [-0.2, 0) is 19.6 Å². The van der Waals surface area contributed by atoms with Gasteiger partial charge in [0.15, 0.2) is 6.61 Å². The van der Waals surface area contributed by atoms with E-state index in [0.29, 0.717) is 23.5 Å². The minimum atomic E-state index is -3.89. The number of allylic oxidation sites excluding steroid dienone is 1. The number of hydrogen-bond acceptors (Lipinski definition) is 5. The van der Waals surface area contributed by atoms with Crippen LogP contribution in [0, 0.1) is 6.92 Å². The number of nitrogens with zero attached hydrogens (tertiary/aromatic N) is 1. The van der Waals surface area contributed by atoms with Crippen molar-refractivity contribution < 1.29 is 22.7 Å². The lowest BCUT2D eigenvalue weighted by molar-refractivity contribution is -0.121. The van der Waals surface area contributed by atoms with E-state index in [0.717, 1.165) is 23.6 Å². The van der Waals surface area contributed by atoms with E-state index in [4.69, 9.17) is 4.74 Å². The number of carbonyl (C=O) groups excluding carboxylic acids is 2. The number of carbonyl (C=O) groups is 2. The van der Waals surface area contributed by atoms with E-state index in [2.05, 4.69) is 16.7 Å². The number of fused-ring (bicyclic) bond motifs is 1. The fourth-order valence-corrected chi connectivity index (χ4v) is 4.84. The number of benzene rings is 1. The number of amides is 2. The first-order valence-corrected chi connectivity index (χ1v) is 11.2. The molecule has 29 heavy (non-hydrogen) atoms. The van der Waals surface area contributed by atoms with Crippen molar-refractivity contribution in [3.63, 3.8) is 0 Å². The lowest BCUT2D eigenvalue weighted by atomic mass is 9.97. The largest absolute Gasteiger partial charge is 0.482 e. The summed E-state index contributed by atoms with van der Waals surface area (Å²) in [7, 11) is -2.51. The third kappa shape index (κ3) is 5.16. The highest BCUT2D eigenvalue weighted by molar-refractivity contribution is 7.89. The average Bonchev–Trinajstić information content (AvgIpc) is 2.68. The van der Waals surface area contributed by atoms with Gasteiger partial charge in [-0.1, -0.05) is 11.6 Å². The number of aryl methyl sites for hydroxylation is 1. The number of nitrogens with one attached hydrogen (secondary N) is 2. The molecule has 0 bridgehead atoms. The highest BCUT2D eigenvalue weighted by Gasteiger charge is 2.28. The quantitative estimate of drug-likeness (QED) is 0.655. The summed E-state index contributed by atoms with van der Waals surface area (Å²) in [5, 5.41) is 5.45. The minimum absolute atomic E-state index is 0.0510. The number of likely N-dealkylation sites (N-methyl/N-ethyl adjacent to an activating group) is 1. The van der Waals surface area contributed by atoms with Crippen LogP contribution in [-0.4, -0.2) is 51.3 Å². The molecule has 1 aromatic carbocycles. The van der Waals surface area contributed by atoms with E-state index in [1.165, 1.54) is 31.5 Å². The summed E-state index contributed by atoms with van der Waals surface area (Å²) < 4.78 is 32.3. The first kappa shape index (κ1) is 21.3. The molecule has 0 saturated heterocycles. The van der Waals surface area contributed by atoms with Crippen molar-refractivity contribution in [2.75, 3.05) is 32.1 Å². The van der Waals surface area contributed by atoms with Crippen LogP contribution in [0.15, 0.2) is 28.7 Å². The Morgan fingerprint density at radius 3 is 2.83 bits per heavy atom. The molecule has 1 aromatic rings. The first-order chi connectivity index (χ1) is 13.8. The molecule has 0 spiro atoms. The maximum Gasteiger partial charge on any atom is 0.262 e. The Morgan fingerprint density at radius 2 is 2.10 bits per heavy atom. The van der Waals surface area contributed by atoms with Crippen molar-refractivity contribution in [2.45, 2.75) is 43.9 Å². The molecular weight excluding hydrogens is 394 g/mol. The third-order valence-corrected chi connectivity index (χ3v) is 7.06. The molecule has 3 rings (SSSR count). The number of hydrogen-bond donors (Lipinski definition) is 2. The van der Waals surface area contributed by atoms with Gasteiger partial charge in [-0.05, 0) is 50.7 Å². The van der Waals surface area contributed by atoms with Gasteiger partial charge in [0.05, 0.1) is 17.1 Å². The van der Waals surface area contributed by atoms with E-state index in [1.54, 1.807) is 13.0 Å². The summed E-state index contributed by atoms with van der Waals surface area (Å²) in [5.74, 6) is -0.329. The second kappa shape index (κ2) is 8.96. The summed E-state index contributed by atoms with van der Waals surface area (Å²) in [6.45, 7) is 1.71. The van der Waals surface area contributed by atoms with Crippen LogP contribution in [0.5, 0.6) is 5.75 Å². The van der Waals surface area contributed by atoms with Crippen LogP contribution in [0.25, 0.3) is 0 Å². The van der Waals surface area contributed by atoms with E-state index in [1.807, 2.05) is 0 Å². The van der Waals surface area contributed by atoms with Crippen LogP contribution >= 0.6 is 0 Å². The zero-order valence-electron chi connectivity index (χ0n) is 16.8. The highest BCUT2D eigenvalue weighted by Crippen LogP contribution is 2.33. The fraction of sp³-hybridized carbons (Fsp3) is 0.500. The molecule has 9 heteroatoms. The van der Waals surface area contributed by atoms with Gasteiger partial charge in [0.2, 0.25) is 15.9 Å². The summed E-state index contributed by atoms with van der Waals surface area (Å²) in [6.07, 6.45) is 7.61. The van der Waals surface area contributed by atoms with Crippen molar-refractivity contribution >= 4 is 27.5 Å². The van der Waals surface area contributed by atoms with Gasteiger partial charge in [0.1, 0.15) is 5.75 Å². The molecule has 2 aliphatic rings. The maximum absolute atomic E-state index is 13.0. The molecule has 158 valence electrons. The van der Waals surface area contributed by atoms with E-state index in [-0.39, 0.29) is 29.9 Å². The van der Waals surface area contributed by atoms with Gasteiger partial charge in [0, 0.05) is 19.7 Å². The molecule has 2 amide bonds. The second-order valence-corrected chi connectivity index (χ2v) is 9.43. The average molecular weight is 422 g/mol. The van der Waals surface area contributed by atoms with Crippen molar-refractivity contribution in [1.29, 1.82) is 0 Å².